The van der Waals surface area contributed by atoms with Gasteiger partial charge in [-0.1, -0.05) is 34.1 Å². The number of aliphatic hydroxyl groups excluding tert-OH is 2. The highest BCUT2D eigenvalue weighted by molar-refractivity contribution is 9.10. The summed E-state index contributed by atoms with van der Waals surface area (Å²) in [4.78, 5) is 0. The largest absolute Gasteiger partial charge is 0.394 e. The maximum Gasteiger partial charge on any atom is 0.0861 e. The Labute approximate surface area is 108 Å². The fraction of sp³-hybridized carbons (Fsp3) is 0.455. The van der Waals surface area contributed by atoms with Gasteiger partial charge in [-0.2, -0.15) is 0 Å². The number of rotatable bonds is 6. The van der Waals surface area contributed by atoms with Gasteiger partial charge in [0, 0.05) is 22.0 Å². The van der Waals surface area contributed by atoms with Crippen LogP contribution >= 0.6 is 27.7 Å². The van der Waals surface area contributed by atoms with E-state index in [-0.39, 0.29) is 11.9 Å². The third kappa shape index (κ3) is 4.07. The minimum Gasteiger partial charge on any atom is -0.394 e. The summed E-state index contributed by atoms with van der Waals surface area (Å²) < 4.78 is 1.02. The summed E-state index contributed by atoms with van der Waals surface area (Å²) in [5.41, 5.74) is 6.84. The van der Waals surface area contributed by atoms with E-state index in [4.69, 9.17) is 10.8 Å². The summed E-state index contributed by atoms with van der Waals surface area (Å²) in [5.74, 6) is 0.486. The number of nitrogens with two attached hydrogens (primary N) is 1. The molecule has 0 aliphatic rings. The molecule has 2 unspecified atom stereocenters. The molecule has 1 rings (SSSR count). The summed E-state index contributed by atoms with van der Waals surface area (Å²) in [6.45, 7) is 0.297. The Hall–Kier alpha value is -0.0700. The van der Waals surface area contributed by atoms with Crippen molar-refractivity contribution in [1.29, 1.82) is 0 Å². The molecule has 16 heavy (non-hydrogen) atoms. The van der Waals surface area contributed by atoms with Gasteiger partial charge in [0.15, 0.2) is 0 Å². The molecule has 90 valence electrons. The average Bonchev–Trinajstić information content (AvgIpc) is 2.31. The van der Waals surface area contributed by atoms with Crippen LogP contribution in [0.4, 0.5) is 0 Å². The summed E-state index contributed by atoms with van der Waals surface area (Å²) in [6.07, 6.45) is -0.679. The monoisotopic (exact) mass is 305 g/mol. The minimum absolute atomic E-state index is 0.136. The molecule has 4 N–H and O–H groups in total. The molecule has 1 aromatic carbocycles. The lowest BCUT2D eigenvalue weighted by atomic mass is 10.1. The molecule has 3 nitrogen and oxygen atoms in total. The van der Waals surface area contributed by atoms with Crippen molar-refractivity contribution in [3.8, 4) is 0 Å². The van der Waals surface area contributed by atoms with Crippen LogP contribution in [0.3, 0.4) is 0 Å². The first-order valence-corrected chi connectivity index (χ1v) is 6.88. The fourth-order valence-corrected chi connectivity index (χ4v) is 3.09. The number of thioether (sulfide) groups is 1. The first-order valence-electron chi connectivity index (χ1n) is 5.04. The highest BCUT2D eigenvalue weighted by Gasteiger charge is 2.14. The van der Waals surface area contributed by atoms with Gasteiger partial charge in [0.2, 0.25) is 0 Å². The standard InChI is InChI=1S/C11H16BrNO2S/c12-10-4-2-1-3-9(10)11(5-13)16-7-8(15)6-14/h1-4,8,11,14-15H,5-7,13H2. The Kier molecular flexibility index (Phi) is 6.38. The van der Waals surface area contributed by atoms with Crippen LogP contribution in [0.25, 0.3) is 0 Å². The SMILES string of the molecule is NCC(SCC(O)CO)c1ccccc1Br. The molecular formula is C11H16BrNO2S. The predicted molar refractivity (Wildman–Crippen MR) is 71.5 cm³/mol. The molecule has 1 aromatic rings. The first-order chi connectivity index (χ1) is 7.69. The van der Waals surface area contributed by atoms with E-state index in [0.29, 0.717) is 12.3 Å². The number of halogens is 1. The van der Waals surface area contributed by atoms with Crippen molar-refractivity contribution < 1.29 is 10.2 Å². The second-order valence-corrected chi connectivity index (χ2v) is 5.51. The van der Waals surface area contributed by atoms with E-state index >= 15 is 0 Å². The average molecular weight is 306 g/mol. The van der Waals surface area contributed by atoms with Gasteiger partial charge in [0.25, 0.3) is 0 Å². The van der Waals surface area contributed by atoms with E-state index < -0.39 is 6.10 Å². The smallest absolute Gasteiger partial charge is 0.0861 e. The molecule has 0 amide bonds. The second kappa shape index (κ2) is 7.29. The summed E-state index contributed by atoms with van der Waals surface area (Å²) in [7, 11) is 0. The van der Waals surface area contributed by atoms with Crippen molar-refractivity contribution in [2.75, 3.05) is 18.9 Å². The Balaban J connectivity index is 2.64. The van der Waals surface area contributed by atoms with Crippen LogP contribution in [0.2, 0.25) is 0 Å². The normalized spacial score (nSPS) is 14.8. The molecular weight excluding hydrogens is 290 g/mol. The van der Waals surface area contributed by atoms with Crippen molar-refractivity contribution in [3.63, 3.8) is 0 Å². The van der Waals surface area contributed by atoms with E-state index in [1.54, 1.807) is 11.8 Å². The van der Waals surface area contributed by atoms with E-state index in [0.717, 1.165) is 10.0 Å². The maximum atomic E-state index is 9.30. The molecule has 5 heteroatoms. The van der Waals surface area contributed by atoms with Gasteiger partial charge in [-0.15, -0.1) is 11.8 Å². The molecule has 0 saturated heterocycles. The van der Waals surface area contributed by atoms with Crippen molar-refractivity contribution in [3.05, 3.63) is 34.3 Å². The number of hydrogen-bond donors (Lipinski definition) is 3. The van der Waals surface area contributed by atoms with Crippen LogP contribution in [-0.4, -0.2) is 35.2 Å². The highest BCUT2D eigenvalue weighted by atomic mass is 79.9. The van der Waals surface area contributed by atoms with Gasteiger partial charge in [-0.3, -0.25) is 0 Å². The number of hydrogen-bond acceptors (Lipinski definition) is 4. The summed E-state index contributed by atoms with van der Waals surface area (Å²) in [5, 5.41) is 18.2. The molecule has 0 bridgehead atoms. The molecule has 0 saturated carbocycles. The maximum absolute atomic E-state index is 9.30. The number of aliphatic hydroxyl groups is 2. The van der Waals surface area contributed by atoms with E-state index in [9.17, 15) is 5.11 Å². The van der Waals surface area contributed by atoms with Crippen molar-refractivity contribution in [2.24, 2.45) is 5.73 Å². The molecule has 2 atom stereocenters. The van der Waals surface area contributed by atoms with E-state index in [1.165, 1.54) is 0 Å². The van der Waals surface area contributed by atoms with Crippen molar-refractivity contribution >= 4 is 27.7 Å². The predicted octanol–water partition coefficient (Wildman–Crippen LogP) is 1.54. The lowest BCUT2D eigenvalue weighted by molar-refractivity contribution is 0.113. The Bertz CT molecular complexity index is 325. The van der Waals surface area contributed by atoms with Crippen molar-refractivity contribution in [2.45, 2.75) is 11.4 Å². The zero-order valence-corrected chi connectivity index (χ0v) is 11.2. The van der Waals surface area contributed by atoms with Crippen LogP contribution in [0.15, 0.2) is 28.7 Å². The lowest BCUT2D eigenvalue weighted by Gasteiger charge is -2.17. The minimum atomic E-state index is -0.679. The van der Waals surface area contributed by atoms with Crippen LogP contribution in [0, 0.1) is 0 Å². The molecule has 0 aromatic heterocycles. The van der Waals surface area contributed by atoms with Crippen molar-refractivity contribution in [1.82, 2.24) is 0 Å². The molecule has 0 fully saturated rings. The third-order valence-electron chi connectivity index (χ3n) is 2.17. The zero-order chi connectivity index (χ0) is 12.0. The molecule has 0 heterocycles. The lowest BCUT2D eigenvalue weighted by Crippen LogP contribution is -2.18. The van der Waals surface area contributed by atoms with Crippen LogP contribution in [0.1, 0.15) is 10.8 Å². The summed E-state index contributed by atoms with van der Waals surface area (Å²) in [6, 6.07) is 7.90. The van der Waals surface area contributed by atoms with Gasteiger partial charge < -0.3 is 15.9 Å². The van der Waals surface area contributed by atoms with E-state index in [1.807, 2.05) is 24.3 Å². The van der Waals surface area contributed by atoms with E-state index in [2.05, 4.69) is 15.9 Å². The Morgan fingerprint density at radius 2 is 2.06 bits per heavy atom. The quantitative estimate of drug-likeness (QED) is 0.746. The van der Waals surface area contributed by atoms with Gasteiger partial charge in [0.05, 0.1) is 12.7 Å². The summed E-state index contributed by atoms with van der Waals surface area (Å²) >= 11 is 5.04. The highest BCUT2D eigenvalue weighted by Crippen LogP contribution is 2.33. The van der Waals surface area contributed by atoms with Crippen LogP contribution < -0.4 is 5.73 Å². The topological polar surface area (TPSA) is 66.5 Å². The zero-order valence-electron chi connectivity index (χ0n) is 8.84. The third-order valence-corrected chi connectivity index (χ3v) is 4.31. The van der Waals surface area contributed by atoms with Gasteiger partial charge in [-0.05, 0) is 11.6 Å². The molecule has 0 spiro atoms. The molecule has 0 aliphatic heterocycles. The van der Waals surface area contributed by atoms with Gasteiger partial charge >= 0.3 is 0 Å². The molecule has 0 radical (unpaired) electrons. The molecule has 0 aliphatic carbocycles. The second-order valence-electron chi connectivity index (χ2n) is 3.42. The van der Waals surface area contributed by atoms with Gasteiger partial charge in [-0.25, -0.2) is 0 Å². The Morgan fingerprint density at radius 1 is 1.38 bits per heavy atom. The fourth-order valence-electron chi connectivity index (χ4n) is 1.30. The van der Waals surface area contributed by atoms with Gasteiger partial charge in [0.1, 0.15) is 0 Å². The Morgan fingerprint density at radius 3 is 2.62 bits per heavy atom. The van der Waals surface area contributed by atoms with Crippen LogP contribution in [-0.2, 0) is 0 Å². The number of benzene rings is 1. The van der Waals surface area contributed by atoms with Crippen LogP contribution in [0.5, 0.6) is 0 Å². The first kappa shape index (κ1) is 14.0.